The first kappa shape index (κ1) is 44.5. The standard InChI is InChI=1S/C66H74BN3/c1-39-32-54-57-55(33-39)69-58-45(56-44-20-16-17-21-46(44)64(12,13)59(56)69)34-41(61(5,6)7)36-51(58)67(57)50-26-24-43(38-53(50)68(54)42-23-25-47-48(37-42)63(10,11)31-30-62(47,8)9)70-52-27-22-40(60(2,3)4)35-49(52)65(14)28-18-19-29-66(65,70)15/h16-17,20-27,32-38H,18-19,28-31H2,1-15H3. The van der Waals surface area contributed by atoms with Crippen LogP contribution in [0.2, 0.25) is 0 Å². The molecule has 13 rings (SSSR count). The van der Waals surface area contributed by atoms with Crippen LogP contribution in [0.25, 0.3) is 27.7 Å². The number of hydrogen-bond donors (Lipinski definition) is 0. The van der Waals surface area contributed by atoms with Gasteiger partial charge < -0.3 is 14.4 Å². The van der Waals surface area contributed by atoms with E-state index in [1.165, 1.54) is 156 Å². The maximum absolute atomic E-state index is 2.82. The van der Waals surface area contributed by atoms with Gasteiger partial charge in [-0.1, -0.05) is 157 Å². The zero-order valence-electron chi connectivity index (χ0n) is 45.0. The van der Waals surface area contributed by atoms with Crippen LogP contribution < -0.4 is 26.2 Å². The number of benzene rings is 6. The van der Waals surface area contributed by atoms with E-state index in [4.69, 9.17) is 0 Å². The molecule has 0 radical (unpaired) electrons. The zero-order valence-corrected chi connectivity index (χ0v) is 45.0. The van der Waals surface area contributed by atoms with Gasteiger partial charge in [-0.05, 0) is 171 Å². The zero-order chi connectivity index (χ0) is 49.2. The van der Waals surface area contributed by atoms with Crippen molar-refractivity contribution >= 4 is 62.4 Å². The van der Waals surface area contributed by atoms with Crippen molar-refractivity contribution in [3.05, 3.63) is 148 Å². The Hall–Kier alpha value is -5.48. The van der Waals surface area contributed by atoms with Crippen LogP contribution in [0.5, 0.6) is 0 Å². The molecule has 0 saturated heterocycles. The third-order valence-corrected chi connectivity index (χ3v) is 19.7. The molecule has 1 aromatic heterocycles. The summed E-state index contributed by atoms with van der Waals surface area (Å²) < 4.78 is 2.75. The number of fused-ring (bicyclic) bond motifs is 13. The Morgan fingerprint density at radius 2 is 1.21 bits per heavy atom. The monoisotopic (exact) mass is 920 g/mol. The first-order valence-corrected chi connectivity index (χ1v) is 26.9. The largest absolute Gasteiger partial charge is 0.334 e. The van der Waals surface area contributed by atoms with Crippen molar-refractivity contribution in [2.45, 2.75) is 180 Å². The summed E-state index contributed by atoms with van der Waals surface area (Å²) >= 11 is 0. The first-order valence-electron chi connectivity index (χ1n) is 26.9. The molecule has 2 atom stereocenters. The van der Waals surface area contributed by atoms with Gasteiger partial charge in [0.25, 0.3) is 6.71 Å². The molecule has 2 unspecified atom stereocenters. The van der Waals surface area contributed by atoms with Crippen LogP contribution in [0.1, 0.15) is 180 Å². The summed E-state index contributed by atoms with van der Waals surface area (Å²) in [6.07, 6.45) is 7.30. The highest BCUT2D eigenvalue weighted by atomic mass is 15.3. The molecule has 0 spiro atoms. The Morgan fingerprint density at radius 3 is 1.96 bits per heavy atom. The van der Waals surface area contributed by atoms with Gasteiger partial charge >= 0.3 is 0 Å². The minimum atomic E-state index is -0.186. The number of anilines is 5. The second-order valence-corrected chi connectivity index (χ2v) is 27.3. The average Bonchev–Trinajstić information content (AvgIpc) is 3.85. The molecule has 7 aromatic rings. The smallest absolute Gasteiger partial charge is 0.252 e. The van der Waals surface area contributed by atoms with Gasteiger partial charge in [0.1, 0.15) is 0 Å². The summed E-state index contributed by atoms with van der Waals surface area (Å²) in [6.45, 7) is 36.7. The third-order valence-electron chi connectivity index (χ3n) is 19.7. The number of nitrogens with zero attached hydrogens (tertiary/aromatic N) is 3. The Labute approximate surface area is 419 Å². The molecule has 1 fully saturated rings. The summed E-state index contributed by atoms with van der Waals surface area (Å²) in [5.41, 5.74) is 28.0. The van der Waals surface area contributed by atoms with Gasteiger partial charge in [-0.25, -0.2) is 0 Å². The van der Waals surface area contributed by atoms with Gasteiger partial charge in [0.2, 0.25) is 0 Å². The van der Waals surface area contributed by atoms with E-state index >= 15 is 0 Å². The van der Waals surface area contributed by atoms with Gasteiger partial charge in [-0.2, -0.15) is 0 Å². The minimum Gasteiger partial charge on any atom is -0.334 e. The normalized spacial score (nSPS) is 22.8. The van der Waals surface area contributed by atoms with Crippen LogP contribution in [0.4, 0.5) is 28.4 Å². The maximum Gasteiger partial charge on any atom is 0.252 e. The van der Waals surface area contributed by atoms with Crippen LogP contribution in [-0.2, 0) is 32.5 Å². The van der Waals surface area contributed by atoms with Gasteiger partial charge in [0.15, 0.2) is 0 Å². The predicted molar refractivity (Wildman–Crippen MR) is 300 cm³/mol. The molecule has 4 heteroatoms. The van der Waals surface area contributed by atoms with E-state index in [-0.39, 0.29) is 44.7 Å². The Morgan fingerprint density at radius 1 is 0.529 bits per heavy atom. The molecule has 0 bridgehead atoms. The van der Waals surface area contributed by atoms with Gasteiger partial charge in [-0.3, -0.25) is 0 Å². The van der Waals surface area contributed by atoms with E-state index in [0.717, 1.165) is 0 Å². The van der Waals surface area contributed by atoms with Crippen LogP contribution in [0, 0.1) is 6.92 Å². The van der Waals surface area contributed by atoms with Crippen molar-refractivity contribution in [2.75, 3.05) is 9.80 Å². The van der Waals surface area contributed by atoms with E-state index in [2.05, 4.69) is 221 Å². The van der Waals surface area contributed by atoms with Crippen LogP contribution in [0.15, 0.2) is 103 Å². The summed E-state index contributed by atoms with van der Waals surface area (Å²) in [5.74, 6) is 0. The minimum absolute atomic E-state index is 0.0352. The Kier molecular flexibility index (Phi) is 8.72. The lowest BCUT2D eigenvalue weighted by atomic mass is 9.33. The molecule has 6 aliphatic rings. The second-order valence-electron chi connectivity index (χ2n) is 27.3. The van der Waals surface area contributed by atoms with Gasteiger partial charge in [-0.15, -0.1) is 0 Å². The quantitative estimate of drug-likeness (QED) is 0.160. The molecule has 6 aromatic carbocycles. The van der Waals surface area contributed by atoms with E-state index in [1.807, 2.05) is 0 Å². The lowest BCUT2D eigenvalue weighted by molar-refractivity contribution is 0.195. The molecule has 3 aliphatic carbocycles. The van der Waals surface area contributed by atoms with Crippen molar-refractivity contribution in [3.63, 3.8) is 0 Å². The molecule has 356 valence electrons. The lowest BCUT2D eigenvalue weighted by Crippen LogP contribution is -2.61. The topological polar surface area (TPSA) is 11.4 Å². The fourth-order valence-electron chi connectivity index (χ4n) is 15.3. The molecule has 3 nitrogen and oxygen atoms in total. The number of aromatic nitrogens is 1. The first-order chi connectivity index (χ1) is 32.9. The van der Waals surface area contributed by atoms with Crippen LogP contribution in [0.3, 0.4) is 0 Å². The second kappa shape index (κ2) is 13.7. The Bertz CT molecular complexity index is 3450. The van der Waals surface area contributed by atoms with Crippen molar-refractivity contribution in [1.29, 1.82) is 0 Å². The third kappa shape index (κ3) is 5.60. The average molecular weight is 920 g/mol. The molecular formula is C66H74BN3. The fourth-order valence-corrected chi connectivity index (χ4v) is 15.3. The highest BCUT2D eigenvalue weighted by molar-refractivity contribution is 7.00. The van der Waals surface area contributed by atoms with Crippen LogP contribution in [-0.4, -0.2) is 16.8 Å². The molecule has 0 amide bonds. The lowest BCUT2D eigenvalue weighted by Gasteiger charge is -2.50. The maximum atomic E-state index is 2.82. The fraction of sp³-hybridized carbons (Fsp3) is 0.424. The number of rotatable bonds is 2. The molecule has 1 saturated carbocycles. The van der Waals surface area contributed by atoms with Crippen LogP contribution >= 0.6 is 0 Å². The predicted octanol–water partition coefficient (Wildman–Crippen LogP) is 15.5. The summed E-state index contributed by atoms with van der Waals surface area (Å²) in [7, 11) is 0. The molecule has 70 heavy (non-hydrogen) atoms. The molecular weight excluding hydrogens is 846 g/mol. The highest BCUT2D eigenvalue weighted by Gasteiger charge is 2.58. The highest BCUT2D eigenvalue weighted by Crippen LogP contribution is 2.62. The number of aryl methyl sites for hydroxylation is 1. The van der Waals surface area contributed by atoms with Gasteiger partial charge in [0, 0.05) is 67.1 Å². The van der Waals surface area contributed by atoms with E-state index in [0.29, 0.717) is 0 Å². The number of hydrogen-bond acceptors (Lipinski definition) is 2. The van der Waals surface area contributed by atoms with Crippen molar-refractivity contribution in [3.8, 4) is 16.8 Å². The van der Waals surface area contributed by atoms with Crippen molar-refractivity contribution < 1.29 is 0 Å². The van der Waals surface area contributed by atoms with E-state index in [1.54, 1.807) is 0 Å². The SMILES string of the molecule is Cc1cc2c3c(c1)-n1c4c(c5cc(C(C)(C)C)cc(c51)B3c1ccc(N3c5ccc(C(C)(C)C)cc5C5(C)CCCCC35C)cc1N2c1ccc2c(c1)C(C)(C)CCC2(C)C)-c1ccccc1C4(C)C. The van der Waals surface area contributed by atoms with Crippen molar-refractivity contribution in [2.24, 2.45) is 0 Å². The molecule has 3 aliphatic heterocycles. The van der Waals surface area contributed by atoms with E-state index < -0.39 is 0 Å². The Balaban J connectivity index is 1.14. The molecule has 0 N–H and O–H groups in total. The van der Waals surface area contributed by atoms with Crippen molar-refractivity contribution in [1.82, 2.24) is 4.57 Å². The summed E-state index contributed by atoms with van der Waals surface area (Å²) in [4.78, 5) is 5.54. The summed E-state index contributed by atoms with van der Waals surface area (Å²) in [6, 6.07) is 42.4. The van der Waals surface area contributed by atoms with Gasteiger partial charge in [0.05, 0.1) is 5.54 Å². The molecule has 4 heterocycles. The van der Waals surface area contributed by atoms with E-state index in [9.17, 15) is 0 Å². The summed E-state index contributed by atoms with van der Waals surface area (Å²) in [5, 5.41) is 1.40.